The van der Waals surface area contributed by atoms with E-state index in [1.54, 1.807) is 42.6 Å². The minimum Gasteiger partial charge on any atom is -0.455 e. The zero-order valence-corrected chi connectivity index (χ0v) is 11.1. The van der Waals surface area contributed by atoms with E-state index in [4.69, 9.17) is 16.2 Å². The van der Waals surface area contributed by atoms with Crippen LogP contribution in [-0.2, 0) is 0 Å². The van der Waals surface area contributed by atoms with Gasteiger partial charge in [-0.15, -0.1) is 0 Å². The highest BCUT2D eigenvalue weighted by Crippen LogP contribution is 2.31. The molecule has 2 aromatic carbocycles. The van der Waals surface area contributed by atoms with E-state index in [0.717, 1.165) is 5.39 Å². The number of fused-ring (bicyclic) bond motifs is 1. The summed E-state index contributed by atoms with van der Waals surface area (Å²) < 4.78 is 5.81. The molecule has 5 nitrogen and oxygen atoms in total. The van der Waals surface area contributed by atoms with Crippen LogP contribution in [0.3, 0.4) is 0 Å². The Balaban J connectivity index is 1.98. The van der Waals surface area contributed by atoms with E-state index in [1.165, 1.54) is 0 Å². The Hall–Kier alpha value is -3.08. The number of rotatable bonds is 3. The highest BCUT2D eigenvalue weighted by Gasteiger charge is 2.08. The molecule has 0 radical (unpaired) electrons. The fourth-order valence-corrected chi connectivity index (χ4v) is 2.07. The molecule has 4 N–H and O–H groups in total. The topological polar surface area (TPSA) is 91.2 Å². The summed E-state index contributed by atoms with van der Waals surface area (Å²) in [6.45, 7) is 0. The SMILES string of the molecule is NC(=O)c1ccc(Oc2ccc(N)c3cccnc23)cc1. The van der Waals surface area contributed by atoms with Gasteiger partial charge in [0.05, 0.1) is 0 Å². The molecule has 0 unspecified atom stereocenters. The van der Waals surface area contributed by atoms with Gasteiger partial charge in [0.2, 0.25) is 5.91 Å². The molecule has 0 saturated heterocycles. The molecule has 0 spiro atoms. The van der Waals surface area contributed by atoms with Crippen molar-refractivity contribution < 1.29 is 9.53 Å². The number of carbonyl (C=O) groups excluding carboxylic acids is 1. The van der Waals surface area contributed by atoms with Crippen LogP contribution < -0.4 is 16.2 Å². The average molecular weight is 279 g/mol. The number of nitrogens with two attached hydrogens (primary N) is 2. The number of amides is 1. The number of nitrogen functional groups attached to an aromatic ring is 1. The third-order valence-electron chi connectivity index (χ3n) is 3.13. The third-order valence-corrected chi connectivity index (χ3v) is 3.13. The molecule has 3 aromatic rings. The molecule has 0 bridgehead atoms. The first kappa shape index (κ1) is 12.9. The fourth-order valence-electron chi connectivity index (χ4n) is 2.07. The van der Waals surface area contributed by atoms with Crippen molar-refractivity contribution in [1.82, 2.24) is 4.98 Å². The number of nitrogens with zero attached hydrogens (tertiary/aromatic N) is 1. The Labute approximate surface area is 121 Å². The molecule has 3 rings (SSSR count). The number of anilines is 1. The van der Waals surface area contributed by atoms with Crippen LogP contribution in [-0.4, -0.2) is 10.9 Å². The summed E-state index contributed by atoms with van der Waals surface area (Å²) in [6.07, 6.45) is 1.69. The summed E-state index contributed by atoms with van der Waals surface area (Å²) in [5, 5.41) is 0.837. The van der Waals surface area contributed by atoms with Crippen LogP contribution in [0.4, 0.5) is 5.69 Å². The lowest BCUT2D eigenvalue weighted by molar-refractivity contribution is 0.100. The van der Waals surface area contributed by atoms with Gasteiger partial charge in [0, 0.05) is 22.8 Å². The lowest BCUT2D eigenvalue weighted by Gasteiger charge is -2.10. The van der Waals surface area contributed by atoms with E-state index in [2.05, 4.69) is 4.98 Å². The molecular weight excluding hydrogens is 266 g/mol. The minimum absolute atomic E-state index is 0.433. The summed E-state index contributed by atoms with van der Waals surface area (Å²) in [5.74, 6) is 0.726. The lowest BCUT2D eigenvalue weighted by Crippen LogP contribution is -2.10. The molecule has 1 heterocycles. The normalized spacial score (nSPS) is 10.5. The van der Waals surface area contributed by atoms with Crippen molar-refractivity contribution in [3.63, 3.8) is 0 Å². The second-order valence-corrected chi connectivity index (χ2v) is 4.54. The smallest absolute Gasteiger partial charge is 0.248 e. The summed E-state index contributed by atoms with van der Waals surface area (Å²) in [6, 6.07) is 13.9. The highest BCUT2D eigenvalue weighted by molar-refractivity contribution is 5.94. The maximum absolute atomic E-state index is 11.0. The number of carbonyl (C=O) groups is 1. The lowest BCUT2D eigenvalue weighted by atomic mass is 10.1. The fraction of sp³-hybridized carbons (Fsp3) is 0. The van der Waals surface area contributed by atoms with Gasteiger partial charge in [-0.2, -0.15) is 0 Å². The van der Waals surface area contributed by atoms with Gasteiger partial charge in [-0.25, -0.2) is 0 Å². The zero-order chi connectivity index (χ0) is 14.8. The van der Waals surface area contributed by atoms with E-state index in [-0.39, 0.29) is 0 Å². The summed E-state index contributed by atoms with van der Waals surface area (Å²) in [5.41, 5.74) is 12.9. The van der Waals surface area contributed by atoms with Crippen LogP contribution in [0.15, 0.2) is 54.7 Å². The van der Waals surface area contributed by atoms with E-state index in [9.17, 15) is 4.79 Å². The van der Waals surface area contributed by atoms with E-state index in [0.29, 0.717) is 28.3 Å². The molecule has 0 fully saturated rings. The predicted octanol–water partition coefficient (Wildman–Crippen LogP) is 2.71. The highest BCUT2D eigenvalue weighted by atomic mass is 16.5. The molecule has 5 heteroatoms. The van der Waals surface area contributed by atoms with E-state index < -0.39 is 5.91 Å². The number of hydrogen-bond acceptors (Lipinski definition) is 4. The van der Waals surface area contributed by atoms with Crippen LogP contribution in [0.1, 0.15) is 10.4 Å². The number of pyridine rings is 1. The standard InChI is InChI=1S/C16H13N3O2/c17-13-7-8-14(15-12(13)2-1-9-19-15)21-11-5-3-10(4-6-11)16(18)20/h1-9H,17H2,(H2,18,20). The van der Waals surface area contributed by atoms with Crippen molar-refractivity contribution in [1.29, 1.82) is 0 Å². The van der Waals surface area contributed by atoms with E-state index in [1.807, 2.05) is 12.1 Å². The van der Waals surface area contributed by atoms with E-state index >= 15 is 0 Å². The van der Waals surface area contributed by atoms with Gasteiger partial charge in [-0.1, -0.05) is 0 Å². The van der Waals surface area contributed by atoms with Crippen molar-refractivity contribution in [2.24, 2.45) is 5.73 Å². The number of primary amides is 1. The van der Waals surface area contributed by atoms with Gasteiger partial charge in [-0.05, 0) is 48.5 Å². The molecule has 21 heavy (non-hydrogen) atoms. The second kappa shape index (κ2) is 5.13. The van der Waals surface area contributed by atoms with Gasteiger partial charge < -0.3 is 16.2 Å². The first-order chi connectivity index (χ1) is 10.1. The summed E-state index contributed by atoms with van der Waals surface area (Å²) >= 11 is 0. The number of hydrogen-bond donors (Lipinski definition) is 2. The molecule has 1 amide bonds. The number of benzene rings is 2. The average Bonchev–Trinajstić information content (AvgIpc) is 2.51. The molecule has 0 aliphatic heterocycles. The maximum Gasteiger partial charge on any atom is 0.248 e. The molecule has 104 valence electrons. The first-order valence-corrected chi connectivity index (χ1v) is 6.36. The van der Waals surface area contributed by atoms with Gasteiger partial charge in [-0.3, -0.25) is 9.78 Å². The van der Waals surface area contributed by atoms with Crippen molar-refractivity contribution >= 4 is 22.5 Å². The van der Waals surface area contributed by atoms with Crippen molar-refractivity contribution in [2.45, 2.75) is 0 Å². The monoisotopic (exact) mass is 279 g/mol. The predicted molar refractivity (Wildman–Crippen MR) is 81.2 cm³/mol. The van der Waals surface area contributed by atoms with Crippen LogP contribution in [0.25, 0.3) is 10.9 Å². The van der Waals surface area contributed by atoms with Crippen molar-refractivity contribution in [2.75, 3.05) is 5.73 Å². The summed E-state index contributed by atoms with van der Waals surface area (Å²) in [4.78, 5) is 15.3. The second-order valence-electron chi connectivity index (χ2n) is 4.54. The number of ether oxygens (including phenoxy) is 1. The van der Waals surface area contributed by atoms with Crippen LogP contribution >= 0.6 is 0 Å². The Morgan fingerprint density at radius 1 is 1.05 bits per heavy atom. The van der Waals surface area contributed by atoms with Crippen LogP contribution in [0, 0.1) is 0 Å². The Morgan fingerprint density at radius 3 is 2.52 bits per heavy atom. The first-order valence-electron chi connectivity index (χ1n) is 6.36. The largest absolute Gasteiger partial charge is 0.455 e. The van der Waals surface area contributed by atoms with Crippen molar-refractivity contribution in [3.8, 4) is 11.5 Å². The molecular formula is C16H13N3O2. The Bertz CT molecular complexity index is 813. The molecule has 0 aliphatic rings. The maximum atomic E-state index is 11.0. The van der Waals surface area contributed by atoms with Gasteiger partial charge in [0.25, 0.3) is 0 Å². The zero-order valence-electron chi connectivity index (χ0n) is 11.1. The Morgan fingerprint density at radius 2 is 1.81 bits per heavy atom. The molecule has 0 atom stereocenters. The molecule has 0 saturated carbocycles. The van der Waals surface area contributed by atoms with Crippen LogP contribution in [0.2, 0.25) is 0 Å². The quantitative estimate of drug-likeness (QED) is 0.721. The minimum atomic E-state index is -0.471. The Kier molecular flexibility index (Phi) is 3.16. The molecule has 0 aliphatic carbocycles. The van der Waals surface area contributed by atoms with Crippen LogP contribution in [0.5, 0.6) is 11.5 Å². The molecule has 1 aromatic heterocycles. The summed E-state index contributed by atoms with van der Waals surface area (Å²) in [7, 11) is 0. The van der Waals surface area contributed by atoms with Crippen molar-refractivity contribution in [3.05, 3.63) is 60.3 Å². The van der Waals surface area contributed by atoms with Gasteiger partial charge in [0.1, 0.15) is 11.3 Å². The number of aromatic nitrogens is 1. The van der Waals surface area contributed by atoms with Gasteiger partial charge >= 0.3 is 0 Å². The van der Waals surface area contributed by atoms with Gasteiger partial charge in [0.15, 0.2) is 5.75 Å². The third kappa shape index (κ3) is 2.49.